The van der Waals surface area contributed by atoms with E-state index in [0.717, 1.165) is 11.1 Å². The van der Waals surface area contributed by atoms with Crippen LogP contribution in [0, 0.1) is 0 Å². The van der Waals surface area contributed by atoms with Crippen LogP contribution in [0.5, 0.6) is 0 Å². The number of aryl methyl sites for hydroxylation is 1. The summed E-state index contributed by atoms with van der Waals surface area (Å²) in [6, 6.07) is 18.7. The quantitative estimate of drug-likeness (QED) is 0.403. The van der Waals surface area contributed by atoms with Crippen LogP contribution in [0.1, 0.15) is 18.4 Å². The van der Waals surface area contributed by atoms with E-state index in [0.29, 0.717) is 18.8 Å². The van der Waals surface area contributed by atoms with Gasteiger partial charge in [0.05, 0.1) is 13.1 Å². The Balaban J connectivity index is 1.43. The molecule has 11 nitrogen and oxygen atoms in total. The standard InChI is InChI=1S/C23H24N8O3/c1-29(18(32)13-8-14-31-27-21(26-28-31)17-11-6-3-7-12-17)19-20(24)30(23(34)25-22(19)33)15-16-9-4-2-5-10-16/h2-7,9-12H,8,13-15,24H2,1H3,(H,25,33,34). The predicted octanol–water partition coefficient (Wildman–Crippen LogP) is 1.26. The third-order valence-corrected chi connectivity index (χ3v) is 5.34. The number of tetrazole rings is 1. The summed E-state index contributed by atoms with van der Waals surface area (Å²) in [5.41, 5.74) is 6.43. The van der Waals surface area contributed by atoms with Gasteiger partial charge in [-0.3, -0.25) is 19.1 Å². The fourth-order valence-corrected chi connectivity index (χ4v) is 3.53. The van der Waals surface area contributed by atoms with Crippen LogP contribution in [0.3, 0.4) is 0 Å². The molecular weight excluding hydrogens is 436 g/mol. The average molecular weight is 460 g/mol. The number of H-pyrrole nitrogens is 1. The Morgan fingerprint density at radius 3 is 2.44 bits per heavy atom. The smallest absolute Gasteiger partial charge is 0.330 e. The fraction of sp³-hybridized carbons (Fsp3) is 0.217. The Hall–Kier alpha value is -4.54. The molecule has 0 unspecified atom stereocenters. The van der Waals surface area contributed by atoms with Gasteiger partial charge in [-0.2, -0.15) is 4.80 Å². The highest BCUT2D eigenvalue weighted by Crippen LogP contribution is 2.18. The van der Waals surface area contributed by atoms with Crippen molar-refractivity contribution >= 4 is 17.4 Å². The Morgan fingerprint density at radius 2 is 1.74 bits per heavy atom. The van der Waals surface area contributed by atoms with Crippen molar-refractivity contribution in [1.29, 1.82) is 0 Å². The zero-order valence-corrected chi connectivity index (χ0v) is 18.6. The number of benzene rings is 2. The number of hydrogen-bond donors (Lipinski definition) is 2. The SMILES string of the molecule is CN(C(=O)CCCn1nnc(-c2ccccc2)n1)c1c(N)n(Cc2ccccc2)c(=O)[nH]c1=O. The molecular formula is C23H24N8O3. The van der Waals surface area contributed by atoms with Crippen LogP contribution < -0.4 is 21.9 Å². The van der Waals surface area contributed by atoms with E-state index in [1.807, 2.05) is 60.7 Å². The highest BCUT2D eigenvalue weighted by Gasteiger charge is 2.21. The normalized spacial score (nSPS) is 10.9. The molecule has 2 heterocycles. The summed E-state index contributed by atoms with van der Waals surface area (Å²) in [4.78, 5) is 42.5. The van der Waals surface area contributed by atoms with E-state index in [1.54, 1.807) is 0 Å². The molecule has 3 N–H and O–H groups in total. The molecule has 0 bridgehead atoms. The number of rotatable bonds is 8. The summed E-state index contributed by atoms with van der Waals surface area (Å²) >= 11 is 0. The van der Waals surface area contributed by atoms with Gasteiger partial charge in [0.1, 0.15) is 5.82 Å². The number of nitrogens with zero attached hydrogens (tertiary/aromatic N) is 6. The molecule has 1 amide bonds. The number of nitrogen functional groups attached to an aromatic ring is 1. The molecule has 0 fully saturated rings. The number of aromatic amines is 1. The van der Waals surface area contributed by atoms with Gasteiger partial charge < -0.3 is 10.6 Å². The molecule has 4 rings (SSSR count). The third kappa shape index (κ3) is 4.93. The predicted molar refractivity (Wildman–Crippen MR) is 127 cm³/mol. The van der Waals surface area contributed by atoms with E-state index in [1.165, 1.54) is 21.3 Å². The number of aromatic nitrogens is 6. The molecule has 0 atom stereocenters. The monoisotopic (exact) mass is 460 g/mol. The summed E-state index contributed by atoms with van der Waals surface area (Å²) in [7, 11) is 1.46. The number of amides is 1. The lowest BCUT2D eigenvalue weighted by Crippen LogP contribution is -2.39. The lowest BCUT2D eigenvalue weighted by Gasteiger charge is -2.20. The van der Waals surface area contributed by atoms with E-state index in [2.05, 4.69) is 20.4 Å². The highest BCUT2D eigenvalue weighted by atomic mass is 16.2. The van der Waals surface area contributed by atoms with Gasteiger partial charge in [-0.1, -0.05) is 60.7 Å². The maximum absolute atomic E-state index is 12.8. The molecule has 11 heteroatoms. The highest BCUT2D eigenvalue weighted by molar-refractivity contribution is 5.94. The van der Waals surface area contributed by atoms with Gasteiger partial charge in [0.25, 0.3) is 5.56 Å². The van der Waals surface area contributed by atoms with E-state index in [4.69, 9.17) is 5.73 Å². The van der Waals surface area contributed by atoms with Crippen molar-refractivity contribution in [1.82, 2.24) is 29.8 Å². The Labute approximate surface area is 194 Å². The molecule has 0 spiro atoms. The zero-order valence-electron chi connectivity index (χ0n) is 18.6. The largest absolute Gasteiger partial charge is 0.383 e. The van der Waals surface area contributed by atoms with Gasteiger partial charge in [-0.05, 0) is 17.2 Å². The summed E-state index contributed by atoms with van der Waals surface area (Å²) in [6.45, 7) is 0.539. The first-order chi connectivity index (χ1) is 16.4. The number of carbonyl (C=O) groups is 1. The Bertz CT molecular complexity index is 1390. The zero-order chi connectivity index (χ0) is 24.1. The van der Waals surface area contributed by atoms with Crippen LogP contribution >= 0.6 is 0 Å². The first-order valence-electron chi connectivity index (χ1n) is 10.7. The summed E-state index contributed by atoms with van der Waals surface area (Å²) in [6.07, 6.45) is 0.546. The maximum Gasteiger partial charge on any atom is 0.330 e. The number of anilines is 2. The number of nitrogens with one attached hydrogen (secondary N) is 1. The minimum absolute atomic E-state index is 0.0641. The number of carbonyl (C=O) groups excluding carboxylic acids is 1. The Kier molecular flexibility index (Phi) is 6.62. The molecule has 0 saturated carbocycles. The molecule has 174 valence electrons. The lowest BCUT2D eigenvalue weighted by molar-refractivity contribution is -0.118. The van der Waals surface area contributed by atoms with Crippen molar-refractivity contribution in [2.24, 2.45) is 0 Å². The molecule has 4 aromatic rings. The van der Waals surface area contributed by atoms with E-state index in [-0.39, 0.29) is 30.4 Å². The summed E-state index contributed by atoms with van der Waals surface area (Å²) in [5.74, 6) is 0.105. The number of hydrogen-bond acceptors (Lipinski definition) is 7. The van der Waals surface area contributed by atoms with Gasteiger partial charge in [-0.15, -0.1) is 10.2 Å². The van der Waals surface area contributed by atoms with Gasteiger partial charge in [-0.25, -0.2) is 4.79 Å². The van der Waals surface area contributed by atoms with Crippen LogP contribution in [0.2, 0.25) is 0 Å². The van der Waals surface area contributed by atoms with Crippen molar-refractivity contribution in [2.45, 2.75) is 25.9 Å². The second kappa shape index (κ2) is 9.94. The topological polar surface area (TPSA) is 145 Å². The van der Waals surface area contributed by atoms with Crippen LogP contribution in [-0.4, -0.2) is 42.7 Å². The van der Waals surface area contributed by atoms with Gasteiger partial charge in [0.2, 0.25) is 11.7 Å². The van der Waals surface area contributed by atoms with Crippen molar-refractivity contribution in [3.63, 3.8) is 0 Å². The third-order valence-electron chi connectivity index (χ3n) is 5.34. The van der Waals surface area contributed by atoms with Crippen LogP contribution in [-0.2, 0) is 17.9 Å². The molecule has 0 aliphatic heterocycles. The Morgan fingerprint density at radius 1 is 1.06 bits per heavy atom. The van der Waals surface area contributed by atoms with Crippen LogP contribution in [0.25, 0.3) is 11.4 Å². The summed E-state index contributed by atoms with van der Waals surface area (Å²) < 4.78 is 1.24. The minimum atomic E-state index is -0.715. The molecule has 2 aromatic heterocycles. The van der Waals surface area contributed by atoms with Crippen molar-refractivity contribution in [3.05, 3.63) is 87.1 Å². The van der Waals surface area contributed by atoms with Crippen molar-refractivity contribution in [3.8, 4) is 11.4 Å². The maximum atomic E-state index is 12.8. The number of nitrogens with two attached hydrogens (primary N) is 1. The van der Waals surface area contributed by atoms with E-state index in [9.17, 15) is 14.4 Å². The molecule has 34 heavy (non-hydrogen) atoms. The second-order valence-corrected chi connectivity index (χ2v) is 7.70. The van der Waals surface area contributed by atoms with Crippen LogP contribution in [0.4, 0.5) is 11.5 Å². The fourth-order valence-electron chi connectivity index (χ4n) is 3.53. The van der Waals surface area contributed by atoms with Crippen LogP contribution in [0.15, 0.2) is 70.3 Å². The molecule has 0 radical (unpaired) electrons. The van der Waals surface area contributed by atoms with E-state index >= 15 is 0 Å². The average Bonchev–Trinajstić information content (AvgIpc) is 3.31. The molecule has 0 saturated heterocycles. The van der Waals surface area contributed by atoms with E-state index < -0.39 is 11.2 Å². The molecule has 0 aliphatic carbocycles. The van der Waals surface area contributed by atoms with Gasteiger partial charge >= 0.3 is 5.69 Å². The van der Waals surface area contributed by atoms with Crippen molar-refractivity contribution < 1.29 is 4.79 Å². The van der Waals surface area contributed by atoms with Gasteiger partial charge in [0.15, 0.2) is 5.69 Å². The first-order valence-corrected chi connectivity index (χ1v) is 10.7. The van der Waals surface area contributed by atoms with Gasteiger partial charge in [0, 0.05) is 19.0 Å². The summed E-state index contributed by atoms with van der Waals surface area (Å²) in [5, 5.41) is 12.4. The second-order valence-electron chi connectivity index (χ2n) is 7.70. The minimum Gasteiger partial charge on any atom is -0.383 e. The molecule has 2 aromatic carbocycles. The van der Waals surface area contributed by atoms with Crippen molar-refractivity contribution in [2.75, 3.05) is 17.7 Å². The lowest BCUT2D eigenvalue weighted by atomic mass is 10.2. The first kappa shape index (κ1) is 22.6. The molecule has 0 aliphatic rings.